The molecule has 0 unspecified atom stereocenters. The van der Waals surface area contributed by atoms with E-state index in [-0.39, 0.29) is 11.5 Å². The van der Waals surface area contributed by atoms with Gasteiger partial charge in [-0.2, -0.15) is 0 Å². The number of nitrogens with zero attached hydrogens (tertiary/aromatic N) is 2. The van der Waals surface area contributed by atoms with Crippen molar-refractivity contribution in [2.45, 2.75) is 31.3 Å². The molecule has 0 fully saturated rings. The summed E-state index contributed by atoms with van der Waals surface area (Å²) in [5.41, 5.74) is 6.40. The summed E-state index contributed by atoms with van der Waals surface area (Å²) >= 11 is 0. The standard InChI is InChI=1S/C24H25F2N3O3/c1-15(23(27)31)29(21(30)13-16-11-18(25)14-19(26)12-16)22-20(17-7-4-3-5-8-17)9-6-10-28(2)24(22)32/h3-9,11-12,14-15,20,22H,10,13H2,1-2H3,(H2,27,31)/t15-,20+,22-/m0/s1. The normalized spacial score (nSPS) is 19.4. The van der Waals surface area contributed by atoms with E-state index < -0.39 is 47.9 Å². The van der Waals surface area contributed by atoms with Gasteiger partial charge in [-0.3, -0.25) is 14.4 Å². The number of rotatable bonds is 6. The molecule has 0 saturated heterocycles. The van der Waals surface area contributed by atoms with Gasteiger partial charge in [-0.25, -0.2) is 8.78 Å². The van der Waals surface area contributed by atoms with E-state index in [0.717, 1.165) is 22.6 Å². The molecule has 168 valence electrons. The van der Waals surface area contributed by atoms with E-state index >= 15 is 0 Å². The number of carbonyl (C=O) groups is 3. The van der Waals surface area contributed by atoms with Gasteiger partial charge >= 0.3 is 0 Å². The van der Waals surface area contributed by atoms with Gasteiger partial charge in [-0.15, -0.1) is 0 Å². The Labute approximate surface area is 185 Å². The van der Waals surface area contributed by atoms with Crippen molar-refractivity contribution in [2.24, 2.45) is 5.73 Å². The minimum atomic E-state index is -1.12. The molecule has 2 N–H and O–H groups in total. The number of primary amides is 1. The average Bonchev–Trinajstić information content (AvgIpc) is 2.87. The van der Waals surface area contributed by atoms with Crippen molar-refractivity contribution in [3.8, 4) is 0 Å². The average molecular weight is 441 g/mol. The van der Waals surface area contributed by atoms with E-state index in [1.54, 1.807) is 7.05 Å². The lowest BCUT2D eigenvalue weighted by molar-refractivity contribution is -0.149. The van der Waals surface area contributed by atoms with Crippen LogP contribution in [0.3, 0.4) is 0 Å². The van der Waals surface area contributed by atoms with E-state index in [9.17, 15) is 23.2 Å². The molecule has 0 spiro atoms. The maximum Gasteiger partial charge on any atom is 0.246 e. The molecule has 1 heterocycles. The minimum absolute atomic E-state index is 0.0930. The number of benzene rings is 2. The largest absolute Gasteiger partial charge is 0.368 e. The van der Waals surface area contributed by atoms with Crippen molar-refractivity contribution in [1.82, 2.24) is 9.80 Å². The van der Waals surface area contributed by atoms with Gasteiger partial charge in [0.15, 0.2) is 0 Å². The van der Waals surface area contributed by atoms with Crippen LogP contribution in [0.5, 0.6) is 0 Å². The molecule has 0 aromatic heterocycles. The van der Waals surface area contributed by atoms with Gasteiger partial charge in [0, 0.05) is 25.6 Å². The van der Waals surface area contributed by atoms with Gasteiger partial charge in [0.1, 0.15) is 23.7 Å². The van der Waals surface area contributed by atoms with Crippen LogP contribution in [0.15, 0.2) is 60.7 Å². The quantitative estimate of drug-likeness (QED) is 0.699. The van der Waals surface area contributed by atoms with Crippen molar-refractivity contribution in [3.63, 3.8) is 0 Å². The highest BCUT2D eigenvalue weighted by Gasteiger charge is 2.42. The molecule has 3 amide bonds. The van der Waals surface area contributed by atoms with Crippen molar-refractivity contribution in [1.29, 1.82) is 0 Å². The zero-order chi connectivity index (χ0) is 23.4. The Balaban J connectivity index is 2.07. The van der Waals surface area contributed by atoms with E-state index in [4.69, 9.17) is 5.73 Å². The number of likely N-dealkylation sites (N-methyl/N-ethyl adjacent to an activating group) is 1. The van der Waals surface area contributed by atoms with Gasteiger partial charge in [0.2, 0.25) is 17.7 Å². The number of amides is 3. The molecule has 0 bridgehead atoms. The Hall–Kier alpha value is -3.55. The van der Waals surface area contributed by atoms with Gasteiger partial charge in [-0.1, -0.05) is 42.5 Å². The predicted octanol–water partition coefficient (Wildman–Crippen LogP) is 2.39. The molecular weight excluding hydrogens is 416 g/mol. The predicted molar refractivity (Wildman–Crippen MR) is 115 cm³/mol. The van der Waals surface area contributed by atoms with Gasteiger partial charge in [0.25, 0.3) is 0 Å². The first-order chi connectivity index (χ1) is 15.2. The summed E-state index contributed by atoms with van der Waals surface area (Å²) in [7, 11) is 1.60. The fraction of sp³-hybridized carbons (Fsp3) is 0.292. The Morgan fingerprint density at radius 3 is 2.38 bits per heavy atom. The second kappa shape index (κ2) is 9.72. The van der Waals surface area contributed by atoms with Crippen LogP contribution in [0.25, 0.3) is 0 Å². The second-order valence-electron chi connectivity index (χ2n) is 7.86. The second-order valence-corrected chi connectivity index (χ2v) is 7.86. The van der Waals surface area contributed by atoms with Crippen molar-refractivity contribution in [3.05, 3.63) is 83.4 Å². The SMILES string of the molecule is C[C@@H](C(N)=O)N(C(=O)Cc1cc(F)cc(F)c1)[C@@H]1C(=O)N(C)CC=C[C@@H]1c1ccccc1. The summed E-state index contributed by atoms with van der Waals surface area (Å²) in [4.78, 5) is 41.5. The number of hydrogen-bond donors (Lipinski definition) is 1. The molecule has 3 atom stereocenters. The topological polar surface area (TPSA) is 83.7 Å². The Morgan fingerprint density at radius 1 is 1.16 bits per heavy atom. The fourth-order valence-corrected chi connectivity index (χ4v) is 3.93. The van der Waals surface area contributed by atoms with Crippen molar-refractivity contribution < 1.29 is 23.2 Å². The van der Waals surface area contributed by atoms with Crippen molar-refractivity contribution in [2.75, 3.05) is 13.6 Å². The minimum Gasteiger partial charge on any atom is -0.368 e. The zero-order valence-electron chi connectivity index (χ0n) is 17.9. The summed E-state index contributed by atoms with van der Waals surface area (Å²) < 4.78 is 27.3. The molecule has 0 aliphatic carbocycles. The van der Waals surface area contributed by atoms with Crippen LogP contribution < -0.4 is 5.73 Å². The van der Waals surface area contributed by atoms with E-state index in [2.05, 4.69) is 0 Å². The summed E-state index contributed by atoms with van der Waals surface area (Å²) in [6.07, 6.45) is 3.26. The smallest absolute Gasteiger partial charge is 0.246 e. The molecule has 1 aliphatic heterocycles. The monoisotopic (exact) mass is 441 g/mol. The van der Waals surface area contributed by atoms with Crippen LogP contribution in [0.2, 0.25) is 0 Å². The third-order valence-electron chi connectivity index (χ3n) is 5.57. The van der Waals surface area contributed by atoms with Crippen LogP contribution >= 0.6 is 0 Å². The van der Waals surface area contributed by atoms with Crippen LogP contribution in [-0.2, 0) is 20.8 Å². The fourth-order valence-electron chi connectivity index (χ4n) is 3.93. The Kier molecular flexibility index (Phi) is 7.02. The number of hydrogen-bond acceptors (Lipinski definition) is 3. The van der Waals surface area contributed by atoms with E-state index in [1.165, 1.54) is 11.8 Å². The highest BCUT2D eigenvalue weighted by Crippen LogP contribution is 2.30. The lowest BCUT2D eigenvalue weighted by Gasteiger charge is -2.38. The third-order valence-corrected chi connectivity index (χ3v) is 5.57. The lowest BCUT2D eigenvalue weighted by atomic mass is 9.88. The first-order valence-corrected chi connectivity index (χ1v) is 10.2. The highest BCUT2D eigenvalue weighted by atomic mass is 19.1. The maximum atomic E-state index is 13.7. The molecule has 6 nitrogen and oxygen atoms in total. The Bertz CT molecular complexity index is 1020. The van der Waals surface area contributed by atoms with Gasteiger partial charge in [-0.05, 0) is 30.2 Å². The summed E-state index contributed by atoms with van der Waals surface area (Å²) in [5, 5.41) is 0. The number of nitrogens with two attached hydrogens (primary N) is 1. The van der Waals surface area contributed by atoms with E-state index in [0.29, 0.717) is 12.6 Å². The maximum absolute atomic E-state index is 13.7. The molecule has 0 saturated carbocycles. The molecule has 0 radical (unpaired) electrons. The molecule has 3 rings (SSSR count). The Morgan fingerprint density at radius 2 is 1.78 bits per heavy atom. The molecule has 8 heteroatoms. The zero-order valence-corrected chi connectivity index (χ0v) is 17.9. The van der Waals surface area contributed by atoms with Crippen LogP contribution in [0, 0.1) is 11.6 Å². The lowest BCUT2D eigenvalue weighted by Crippen LogP contribution is -2.58. The first kappa shape index (κ1) is 23.1. The molecule has 32 heavy (non-hydrogen) atoms. The van der Waals surface area contributed by atoms with Crippen LogP contribution in [0.1, 0.15) is 24.0 Å². The van der Waals surface area contributed by atoms with Crippen LogP contribution in [-0.4, -0.2) is 53.2 Å². The van der Waals surface area contributed by atoms with Gasteiger partial charge in [0.05, 0.1) is 6.42 Å². The van der Waals surface area contributed by atoms with Gasteiger partial charge < -0.3 is 15.5 Å². The molecule has 1 aliphatic rings. The molecule has 2 aromatic carbocycles. The first-order valence-electron chi connectivity index (χ1n) is 10.2. The summed E-state index contributed by atoms with van der Waals surface area (Å²) in [5.74, 6) is -3.97. The number of carbonyl (C=O) groups excluding carboxylic acids is 3. The summed E-state index contributed by atoms with van der Waals surface area (Å²) in [6, 6.07) is 9.75. The van der Waals surface area contributed by atoms with Crippen molar-refractivity contribution >= 4 is 17.7 Å². The van der Waals surface area contributed by atoms with E-state index in [1.807, 2.05) is 42.5 Å². The highest BCUT2D eigenvalue weighted by molar-refractivity contribution is 5.93. The number of halogens is 2. The molecular formula is C24H25F2N3O3. The summed E-state index contributed by atoms with van der Waals surface area (Å²) in [6.45, 7) is 1.77. The third kappa shape index (κ3) is 5.01. The molecule has 2 aromatic rings. The van der Waals surface area contributed by atoms with Crippen LogP contribution in [0.4, 0.5) is 8.78 Å².